The van der Waals surface area contributed by atoms with Crippen LogP contribution in [0.15, 0.2) is 30.3 Å². The first kappa shape index (κ1) is 13.9. The van der Waals surface area contributed by atoms with Crippen molar-refractivity contribution in [2.24, 2.45) is 0 Å². The van der Waals surface area contributed by atoms with Crippen LogP contribution in [0.2, 0.25) is 0 Å². The predicted molar refractivity (Wildman–Crippen MR) is 79.2 cm³/mol. The number of amides is 1. The summed E-state index contributed by atoms with van der Waals surface area (Å²) in [6.07, 6.45) is 8.75. The van der Waals surface area contributed by atoms with Gasteiger partial charge in [-0.15, -0.1) is 0 Å². The number of hydrogen-bond donors (Lipinski definition) is 2. The molecule has 0 aliphatic heterocycles. The molecule has 1 fully saturated rings. The van der Waals surface area contributed by atoms with Gasteiger partial charge in [0.25, 0.3) is 0 Å². The fourth-order valence-corrected chi connectivity index (χ4v) is 2.62. The van der Waals surface area contributed by atoms with Crippen molar-refractivity contribution in [1.29, 1.82) is 0 Å². The quantitative estimate of drug-likeness (QED) is 0.872. The molecule has 1 amide bonds. The number of nitrogens with one attached hydrogen (secondary N) is 2. The summed E-state index contributed by atoms with van der Waals surface area (Å²) in [6, 6.07) is 10.2. The predicted octanol–water partition coefficient (Wildman–Crippen LogP) is 3.33. The van der Waals surface area contributed by atoms with E-state index >= 15 is 0 Å². The zero-order valence-electron chi connectivity index (χ0n) is 11.5. The Hall–Kier alpha value is -1.51. The third-order valence-corrected chi connectivity index (χ3v) is 3.70. The third kappa shape index (κ3) is 5.33. The lowest BCUT2D eigenvalue weighted by Crippen LogP contribution is -2.38. The largest absolute Gasteiger partial charge is 0.376 e. The summed E-state index contributed by atoms with van der Waals surface area (Å²) in [5, 5.41) is 6.31. The van der Waals surface area contributed by atoms with E-state index in [0.29, 0.717) is 12.6 Å². The minimum atomic E-state index is 0.106. The minimum Gasteiger partial charge on any atom is -0.376 e. The van der Waals surface area contributed by atoms with Gasteiger partial charge in [0.1, 0.15) is 0 Å². The van der Waals surface area contributed by atoms with E-state index in [2.05, 4.69) is 10.6 Å². The smallest absolute Gasteiger partial charge is 0.239 e. The molecule has 0 radical (unpaired) electrons. The Balaban J connectivity index is 1.71. The maximum Gasteiger partial charge on any atom is 0.239 e. The molecule has 0 heterocycles. The van der Waals surface area contributed by atoms with Crippen LogP contribution < -0.4 is 10.6 Å². The Bertz CT molecular complexity index is 370. The van der Waals surface area contributed by atoms with Gasteiger partial charge in [-0.25, -0.2) is 0 Å². The SMILES string of the molecule is O=C(CNc1ccccc1)NC1CCCCCCC1. The normalized spacial score (nSPS) is 17.3. The molecule has 1 aliphatic rings. The Labute approximate surface area is 115 Å². The van der Waals surface area contributed by atoms with Gasteiger partial charge in [-0.3, -0.25) is 4.79 Å². The number of carbonyl (C=O) groups excluding carboxylic acids is 1. The van der Waals surface area contributed by atoms with Gasteiger partial charge in [0, 0.05) is 11.7 Å². The molecule has 19 heavy (non-hydrogen) atoms. The lowest BCUT2D eigenvalue weighted by molar-refractivity contribution is -0.120. The molecule has 0 spiro atoms. The summed E-state index contributed by atoms with van der Waals surface area (Å²) >= 11 is 0. The van der Waals surface area contributed by atoms with E-state index in [9.17, 15) is 4.79 Å². The molecule has 3 nitrogen and oxygen atoms in total. The van der Waals surface area contributed by atoms with Gasteiger partial charge in [-0.05, 0) is 25.0 Å². The molecule has 0 bridgehead atoms. The van der Waals surface area contributed by atoms with Gasteiger partial charge in [-0.2, -0.15) is 0 Å². The van der Waals surface area contributed by atoms with Gasteiger partial charge >= 0.3 is 0 Å². The average molecular weight is 260 g/mol. The fourth-order valence-electron chi connectivity index (χ4n) is 2.62. The van der Waals surface area contributed by atoms with E-state index < -0.39 is 0 Å². The van der Waals surface area contributed by atoms with Gasteiger partial charge in [0.05, 0.1) is 6.54 Å². The van der Waals surface area contributed by atoms with Crippen molar-refractivity contribution in [3.8, 4) is 0 Å². The first-order chi connectivity index (χ1) is 9.34. The molecule has 2 rings (SSSR count). The summed E-state index contributed by atoms with van der Waals surface area (Å²) in [5.41, 5.74) is 0.996. The number of para-hydroxylation sites is 1. The summed E-state index contributed by atoms with van der Waals surface area (Å²) in [6.45, 7) is 0.362. The van der Waals surface area contributed by atoms with Crippen LogP contribution in [0.5, 0.6) is 0 Å². The topological polar surface area (TPSA) is 41.1 Å². The maximum absolute atomic E-state index is 11.9. The molecule has 2 N–H and O–H groups in total. The standard InChI is InChI=1S/C16H24N2O/c19-16(13-17-14-9-7-4-8-10-14)18-15-11-5-2-1-3-6-12-15/h4,7-10,15,17H,1-3,5-6,11-13H2,(H,18,19). The van der Waals surface area contributed by atoms with Gasteiger partial charge < -0.3 is 10.6 Å². The molecule has 0 atom stereocenters. The van der Waals surface area contributed by atoms with E-state index in [1.54, 1.807) is 0 Å². The van der Waals surface area contributed by atoms with Gasteiger partial charge in [-0.1, -0.05) is 50.3 Å². The molecule has 1 aromatic rings. The highest BCUT2D eigenvalue weighted by molar-refractivity contribution is 5.80. The Morgan fingerprint density at radius 1 is 1.00 bits per heavy atom. The number of carbonyl (C=O) groups is 1. The number of rotatable bonds is 4. The summed E-state index contributed by atoms with van der Waals surface area (Å²) < 4.78 is 0. The van der Waals surface area contributed by atoms with E-state index in [1.807, 2.05) is 30.3 Å². The molecule has 0 aromatic heterocycles. The van der Waals surface area contributed by atoms with Gasteiger partial charge in [0.15, 0.2) is 0 Å². The van der Waals surface area contributed by atoms with Crippen molar-refractivity contribution >= 4 is 11.6 Å². The first-order valence-electron chi connectivity index (χ1n) is 7.43. The highest BCUT2D eigenvalue weighted by Crippen LogP contribution is 2.17. The molecule has 1 aromatic carbocycles. The highest BCUT2D eigenvalue weighted by Gasteiger charge is 2.13. The van der Waals surface area contributed by atoms with Crippen molar-refractivity contribution in [2.45, 2.75) is 51.0 Å². The summed E-state index contributed by atoms with van der Waals surface area (Å²) in [7, 11) is 0. The Kier molecular flexibility index (Phi) is 5.73. The second-order valence-corrected chi connectivity index (χ2v) is 5.33. The first-order valence-corrected chi connectivity index (χ1v) is 7.43. The molecular formula is C16H24N2O. The molecule has 3 heteroatoms. The summed E-state index contributed by atoms with van der Waals surface area (Å²) in [5.74, 6) is 0.106. The van der Waals surface area contributed by atoms with E-state index in [-0.39, 0.29) is 5.91 Å². The monoisotopic (exact) mass is 260 g/mol. The van der Waals surface area contributed by atoms with Crippen LogP contribution in [0.3, 0.4) is 0 Å². The highest BCUT2D eigenvalue weighted by atomic mass is 16.1. The molecule has 1 saturated carbocycles. The van der Waals surface area contributed by atoms with Crippen molar-refractivity contribution in [3.05, 3.63) is 30.3 Å². The second kappa shape index (κ2) is 7.82. The van der Waals surface area contributed by atoms with Crippen LogP contribution in [0.4, 0.5) is 5.69 Å². The van der Waals surface area contributed by atoms with E-state index in [4.69, 9.17) is 0 Å². The minimum absolute atomic E-state index is 0.106. The molecule has 0 unspecified atom stereocenters. The maximum atomic E-state index is 11.9. The van der Waals surface area contributed by atoms with Crippen molar-refractivity contribution in [2.75, 3.05) is 11.9 Å². The number of anilines is 1. The van der Waals surface area contributed by atoms with Gasteiger partial charge in [0.2, 0.25) is 5.91 Å². The van der Waals surface area contributed by atoms with Crippen LogP contribution >= 0.6 is 0 Å². The average Bonchev–Trinajstić information content (AvgIpc) is 2.41. The van der Waals surface area contributed by atoms with Crippen LogP contribution in [0.25, 0.3) is 0 Å². The Morgan fingerprint density at radius 2 is 1.63 bits per heavy atom. The lowest BCUT2D eigenvalue weighted by atomic mass is 9.97. The lowest BCUT2D eigenvalue weighted by Gasteiger charge is -2.21. The van der Waals surface area contributed by atoms with Crippen molar-refractivity contribution < 1.29 is 4.79 Å². The third-order valence-electron chi connectivity index (χ3n) is 3.70. The van der Waals surface area contributed by atoms with Crippen LogP contribution in [-0.4, -0.2) is 18.5 Å². The second-order valence-electron chi connectivity index (χ2n) is 5.33. The van der Waals surface area contributed by atoms with Crippen molar-refractivity contribution in [3.63, 3.8) is 0 Å². The Morgan fingerprint density at radius 3 is 2.32 bits per heavy atom. The molecule has 104 valence electrons. The van der Waals surface area contributed by atoms with Crippen LogP contribution in [0.1, 0.15) is 44.9 Å². The molecular weight excluding hydrogens is 236 g/mol. The van der Waals surface area contributed by atoms with Crippen LogP contribution in [-0.2, 0) is 4.79 Å². The van der Waals surface area contributed by atoms with E-state index in [1.165, 1.54) is 32.1 Å². The van der Waals surface area contributed by atoms with Crippen LogP contribution in [0, 0.1) is 0 Å². The van der Waals surface area contributed by atoms with Crippen molar-refractivity contribution in [1.82, 2.24) is 5.32 Å². The number of benzene rings is 1. The zero-order valence-corrected chi connectivity index (χ0v) is 11.5. The zero-order chi connectivity index (χ0) is 13.3. The fraction of sp³-hybridized carbons (Fsp3) is 0.562. The number of hydrogen-bond acceptors (Lipinski definition) is 2. The molecule has 0 saturated heterocycles. The summed E-state index contributed by atoms with van der Waals surface area (Å²) in [4.78, 5) is 11.9. The van der Waals surface area contributed by atoms with E-state index in [0.717, 1.165) is 18.5 Å². The molecule has 1 aliphatic carbocycles.